The number of nitriles is 1. The highest BCUT2D eigenvalue weighted by Crippen LogP contribution is 2.48. The molecule has 2 saturated carbocycles. The van der Waals surface area contributed by atoms with Crippen molar-refractivity contribution in [1.29, 1.82) is 5.26 Å². The van der Waals surface area contributed by atoms with E-state index in [-0.39, 0.29) is 5.92 Å². The lowest BCUT2D eigenvalue weighted by molar-refractivity contribution is 0.217. The van der Waals surface area contributed by atoms with E-state index in [9.17, 15) is 5.26 Å². The van der Waals surface area contributed by atoms with E-state index in [2.05, 4.69) is 30.1 Å². The van der Waals surface area contributed by atoms with Crippen molar-refractivity contribution in [3.63, 3.8) is 0 Å². The van der Waals surface area contributed by atoms with Crippen LogP contribution >= 0.6 is 0 Å². The Balaban J connectivity index is 1.55. The first kappa shape index (κ1) is 13.6. The topological polar surface area (TPSA) is 27.0 Å². The molecular formula is C18H24N2. The molecule has 0 spiro atoms. The molecule has 0 heterocycles. The maximum Gasteiger partial charge on any atom is 0.0839 e. The molecule has 2 fully saturated rings. The molecular weight excluding hydrogens is 244 g/mol. The standard InChI is InChI=1S/C18H24N2/c1-20(12-17-10-14-7-8-16(17)9-14)13-18(11-19)15-5-3-2-4-6-15/h2-6,14,16-18H,7-10,12-13H2,1H3. The zero-order chi connectivity index (χ0) is 13.9. The Morgan fingerprint density at radius 1 is 1.25 bits per heavy atom. The molecule has 2 bridgehead atoms. The minimum atomic E-state index is -0.000194. The average Bonchev–Trinajstić information content (AvgIpc) is 3.08. The Bertz CT molecular complexity index is 476. The van der Waals surface area contributed by atoms with E-state index in [1.807, 2.05) is 18.2 Å². The van der Waals surface area contributed by atoms with Crippen LogP contribution in [0.4, 0.5) is 0 Å². The van der Waals surface area contributed by atoms with Crippen LogP contribution < -0.4 is 0 Å². The summed E-state index contributed by atoms with van der Waals surface area (Å²) in [6, 6.07) is 12.7. The summed E-state index contributed by atoms with van der Waals surface area (Å²) in [6.07, 6.45) is 5.82. The number of benzene rings is 1. The third-order valence-electron chi connectivity index (χ3n) is 5.28. The fraction of sp³-hybridized carbons (Fsp3) is 0.611. The van der Waals surface area contributed by atoms with Crippen molar-refractivity contribution in [3.8, 4) is 6.07 Å². The molecule has 4 atom stereocenters. The first-order valence-corrected chi connectivity index (χ1v) is 7.89. The van der Waals surface area contributed by atoms with Crippen molar-refractivity contribution in [2.45, 2.75) is 31.6 Å². The number of fused-ring (bicyclic) bond motifs is 2. The molecule has 1 aromatic rings. The Morgan fingerprint density at radius 2 is 2.05 bits per heavy atom. The van der Waals surface area contributed by atoms with Gasteiger partial charge < -0.3 is 4.90 Å². The van der Waals surface area contributed by atoms with Crippen molar-refractivity contribution >= 4 is 0 Å². The van der Waals surface area contributed by atoms with Crippen LogP contribution in [0.15, 0.2) is 30.3 Å². The molecule has 20 heavy (non-hydrogen) atoms. The third kappa shape index (κ3) is 2.88. The molecule has 0 N–H and O–H groups in total. The Kier molecular flexibility index (Phi) is 4.08. The lowest BCUT2D eigenvalue weighted by Gasteiger charge is -2.28. The van der Waals surface area contributed by atoms with Gasteiger partial charge in [-0.1, -0.05) is 36.8 Å². The average molecular weight is 268 g/mol. The summed E-state index contributed by atoms with van der Waals surface area (Å²) >= 11 is 0. The lowest BCUT2D eigenvalue weighted by Crippen LogP contribution is -2.31. The van der Waals surface area contributed by atoms with Crippen molar-refractivity contribution in [2.75, 3.05) is 20.1 Å². The summed E-state index contributed by atoms with van der Waals surface area (Å²) in [4.78, 5) is 2.38. The van der Waals surface area contributed by atoms with Crippen molar-refractivity contribution in [3.05, 3.63) is 35.9 Å². The summed E-state index contributed by atoms with van der Waals surface area (Å²) in [5.41, 5.74) is 1.15. The number of hydrogen-bond acceptors (Lipinski definition) is 2. The minimum Gasteiger partial charge on any atom is -0.304 e. The summed E-state index contributed by atoms with van der Waals surface area (Å²) < 4.78 is 0. The Morgan fingerprint density at radius 3 is 2.65 bits per heavy atom. The molecule has 2 aliphatic rings. The van der Waals surface area contributed by atoms with Crippen LogP contribution in [0.3, 0.4) is 0 Å². The second kappa shape index (κ2) is 5.97. The van der Waals surface area contributed by atoms with Gasteiger partial charge in [-0.25, -0.2) is 0 Å². The fourth-order valence-corrected chi connectivity index (χ4v) is 4.29. The van der Waals surface area contributed by atoms with Gasteiger partial charge in [0.2, 0.25) is 0 Å². The molecule has 2 heteroatoms. The van der Waals surface area contributed by atoms with Crippen molar-refractivity contribution in [2.24, 2.45) is 17.8 Å². The SMILES string of the molecule is CN(CC(C#N)c1ccccc1)CC1CC2CCC1C2. The Hall–Kier alpha value is -1.33. The van der Waals surface area contributed by atoms with E-state index >= 15 is 0 Å². The van der Waals surface area contributed by atoms with Crippen molar-refractivity contribution < 1.29 is 0 Å². The first-order chi connectivity index (χ1) is 9.76. The van der Waals surface area contributed by atoms with Crippen LogP contribution in [0.25, 0.3) is 0 Å². The maximum absolute atomic E-state index is 9.42. The first-order valence-electron chi connectivity index (χ1n) is 7.89. The van der Waals surface area contributed by atoms with Gasteiger partial charge in [0.05, 0.1) is 12.0 Å². The molecule has 4 unspecified atom stereocenters. The number of nitrogens with zero attached hydrogens (tertiary/aromatic N) is 2. The highest BCUT2D eigenvalue weighted by molar-refractivity contribution is 5.25. The van der Waals surface area contributed by atoms with Crippen LogP contribution in [0, 0.1) is 29.1 Å². The van der Waals surface area contributed by atoms with E-state index in [0.717, 1.165) is 29.9 Å². The van der Waals surface area contributed by atoms with Gasteiger partial charge in [-0.15, -0.1) is 0 Å². The monoisotopic (exact) mass is 268 g/mol. The minimum absolute atomic E-state index is 0.000194. The second-order valence-corrected chi connectivity index (χ2v) is 6.75. The second-order valence-electron chi connectivity index (χ2n) is 6.75. The fourth-order valence-electron chi connectivity index (χ4n) is 4.29. The predicted octanol–water partition coefficient (Wildman–Crippen LogP) is 3.66. The van der Waals surface area contributed by atoms with Crippen molar-refractivity contribution in [1.82, 2.24) is 4.90 Å². The van der Waals surface area contributed by atoms with Crippen LogP contribution in [0.5, 0.6) is 0 Å². The van der Waals surface area contributed by atoms with E-state index < -0.39 is 0 Å². The molecule has 106 valence electrons. The van der Waals surface area contributed by atoms with E-state index in [1.54, 1.807) is 0 Å². The molecule has 0 amide bonds. The zero-order valence-corrected chi connectivity index (χ0v) is 12.3. The quantitative estimate of drug-likeness (QED) is 0.815. The highest BCUT2D eigenvalue weighted by Gasteiger charge is 2.39. The molecule has 3 rings (SSSR count). The summed E-state index contributed by atoms with van der Waals surface area (Å²) in [5.74, 6) is 2.87. The molecule has 0 radical (unpaired) electrons. The van der Waals surface area contributed by atoms with Gasteiger partial charge >= 0.3 is 0 Å². The lowest BCUT2D eigenvalue weighted by atomic mass is 9.88. The number of rotatable bonds is 5. The van der Waals surface area contributed by atoms with E-state index in [1.165, 1.54) is 32.2 Å². The van der Waals surface area contributed by atoms with Gasteiger partial charge in [-0.05, 0) is 49.6 Å². The molecule has 0 aliphatic heterocycles. The Labute approximate surface area is 122 Å². The van der Waals surface area contributed by atoms with Crippen LogP contribution in [0.2, 0.25) is 0 Å². The molecule has 0 aromatic heterocycles. The maximum atomic E-state index is 9.42. The van der Waals surface area contributed by atoms with Gasteiger partial charge in [-0.2, -0.15) is 5.26 Å². The van der Waals surface area contributed by atoms with Gasteiger partial charge in [0.1, 0.15) is 0 Å². The number of hydrogen-bond donors (Lipinski definition) is 0. The molecule has 0 saturated heterocycles. The molecule has 1 aromatic carbocycles. The summed E-state index contributed by atoms with van der Waals surface area (Å²) in [7, 11) is 2.18. The molecule has 2 nitrogen and oxygen atoms in total. The highest BCUT2D eigenvalue weighted by atomic mass is 15.1. The predicted molar refractivity (Wildman–Crippen MR) is 81.2 cm³/mol. The largest absolute Gasteiger partial charge is 0.304 e. The van der Waals surface area contributed by atoms with Gasteiger partial charge in [0, 0.05) is 13.1 Å². The molecule has 2 aliphatic carbocycles. The summed E-state index contributed by atoms with van der Waals surface area (Å²) in [6.45, 7) is 2.03. The smallest absolute Gasteiger partial charge is 0.0839 e. The summed E-state index contributed by atoms with van der Waals surface area (Å²) in [5, 5.41) is 9.42. The number of likely N-dealkylation sites (N-methyl/N-ethyl adjacent to an activating group) is 1. The van der Waals surface area contributed by atoms with Gasteiger partial charge in [0.25, 0.3) is 0 Å². The third-order valence-corrected chi connectivity index (χ3v) is 5.28. The van der Waals surface area contributed by atoms with Crippen LogP contribution in [0.1, 0.15) is 37.2 Å². The van der Waals surface area contributed by atoms with Gasteiger partial charge in [0.15, 0.2) is 0 Å². The van der Waals surface area contributed by atoms with E-state index in [4.69, 9.17) is 0 Å². The van der Waals surface area contributed by atoms with Crippen LogP contribution in [-0.4, -0.2) is 25.0 Å². The van der Waals surface area contributed by atoms with Crippen LogP contribution in [-0.2, 0) is 0 Å². The van der Waals surface area contributed by atoms with Gasteiger partial charge in [-0.3, -0.25) is 0 Å². The zero-order valence-electron chi connectivity index (χ0n) is 12.3. The normalized spacial score (nSPS) is 29.6. The van der Waals surface area contributed by atoms with E-state index in [0.29, 0.717) is 0 Å².